The van der Waals surface area contributed by atoms with E-state index in [2.05, 4.69) is 34.0 Å². The van der Waals surface area contributed by atoms with Gasteiger partial charge < -0.3 is 9.88 Å². The molecule has 3 heterocycles. The molecule has 3 aliphatic heterocycles. The van der Waals surface area contributed by atoms with Gasteiger partial charge in [-0.05, 0) is 63.3 Å². The molecule has 180 valence electrons. The number of nitrogens with one attached hydrogen (secondary N) is 1. The summed E-state index contributed by atoms with van der Waals surface area (Å²) in [7, 11) is 0. The molecule has 1 N–H and O–H groups in total. The molecule has 2 aromatic rings. The maximum atomic E-state index is 13.4. The van der Waals surface area contributed by atoms with Gasteiger partial charge in [0.2, 0.25) is 5.91 Å². The van der Waals surface area contributed by atoms with Crippen molar-refractivity contribution in [2.45, 2.75) is 58.2 Å². The number of aryl methyl sites for hydroxylation is 3. The van der Waals surface area contributed by atoms with Crippen LogP contribution in [0, 0.1) is 20.8 Å². The number of carbonyl (C=O) groups excluding carboxylic acids is 1. The molecule has 0 aromatic heterocycles. The third kappa shape index (κ3) is 4.62. The molecular weight excluding hydrogens is 458 g/mol. The number of nitrogens with zero attached hydrogens (tertiary/aromatic N) is 4. The molecule has 0 spiro atoms. The average Bonchev–Trinajstić information content (AvgIpc) is 3.00. The summed E-state index contributed by atoms with van der Waals surface area (Å²) in [5.74, 6) is 0.600. The van der Waals surface area contributed by atoms with E-state index in [9.17, 15) is 9.59 Å². The Bertz CT molecular complexity index is 1400. The Morgan fingerprint density at radius 1 is 1.06 bits per heavy atom. The van der Waals surface area contributed by atoms with Crippen LogP contribution in [0.5, 0.6) is 0 Å². The first-order valence-electron chi connectivity index (χ1n) is 12.0. The Labute approximate surface area is 208 Å². The van der Waals surface area contributed by atoms with Crippen molar-refractivity contribution in [1.29, 1.82) is 0 Å². The van der Waals surface area contributed by atoms with Crippen LogP contribution in [0.4, 0.5) is 5.69 Å². The van der Waals surface area contributed by atoms with Gasteiger partial charge in [-0.2, -0.15) is 4.68 Å². The average molecular weight is 488 g/mol. The minimum absolute atomic E-state index is 0.0748. The number of benzene rings is 2. The summed E-state index contributed by atoms with van der Waals surface area (Å²) in [5, 5.41) is 8.38. The number of hydrogen-bond donors (Lipinski definition) is 1. The van der Waals surface area contributed by atoms with Crippen molar-refractivity contribution in [3.63, 3.8) is 0 Å². The molecular formula is C27H29N5O2S. The molecule has 0 aliphatic carbocycles. The van der Waals surface area contributed by atoms with E-state index in [1.54, 1.807) is 0 Å². The SMILES string of the molecule is Cc1cc(C)c(NC(=O)CSc2nc3nn(-c4ccccc4)c(=O)c-3c3n2CCCCC3)c(C)c1. The van der Waals surface area contributed by atoms with Gasteiger partial charge in [0.15, 0.2) is 11.0 Å². The van der Waals surface area contributed by atoms with E-state index in [0.717, 1.165) is 65.6 Å². The summed E-state index contributed by atoms with van der Waals surface area (Å²) < 4.78 is 3.57. The van der Waals surface area contributed by atoms with E-state index in [0.29, 0.717) is 11.4 Å². The molecule has 7 nitrogen and oxygen atoms in total. The van der Waals surface area contributed by atoms with E-state index < -0.39 is 0 Å². The zero-order valence-corrected chi connectivity index (χ0v) is 21.1. The second-order valence-corrected chi connectivity index (χ2v) is 10.1. The van der Waals surface area contributed by atoms with Crippen molar-refractivity contribution < 1.29 is 4.79 Å². The van der Waals surface area contributed by atoms with E-state index in [4.69, 9.17) is 4.98 Å². The summed E-state index contributed by atoms with van der Waals surface area (Å²) in [6.07, 6.45) is 3.94. The van der Waals surface area contributed by atoms with Crippen LogP contribution in [0.15, 0.2) is 52.4 Å². The van der Waals surface area contributed by atoms with Crippen LogP contribution in [0.2, 0.25) is 0 Å². The highest BCUT2D eigenvalue weighted by Gasteiger charge is 2.27. The lowest BCUT2D eigenvalue weighted by atomic mass is 10.1. The fourth-order valence-electron chi connectivity index (χ4n) is 4.89. The van der Waals surface area contributed by atoms with Crippen molar-refractivity contribution >= 4 is 23.4 Å². The highest BCUT2D eigenvalue weighted by Crippen LogP contribution is 2.31. The molecule has 2 aromatic carbocycles. The minimum Gasteiger partial charge on any atom is -0.325 e. The summed E-state index contributed by atoms with van der Waals surface area (Å²) >= 11 is 1.40. The summed E-state index contributed by atoms with van der Waals surface area (Å²) in [4.78, 5) is 31.0. The molecule has 0 saturated carbocycles. The van der Waals surface area contributed by atoms with Crippen LogP contribution in [0.3, 0.4) is 0 Å². The van der Waals surface area contributed by atoms with Gasteiger partial charge >= 0.3 is 0 Å². The predicted octanol–water partition coefficient (Wildman–Crippen LogP) is 4.92. The van der Waals surface area contributed by atoms with Gasteiger partial charge in [-0.1, -0.05) is 54.1 Å². The Balaban J connectivity index is 1.47. The summed E-state index contributed by atoms with van der Waals surface area (Å²) in [6.45, 7) is 6.86. The van der Waals surface area contributed by atoms with Crippen LogP contribution < -0.4 is 10.9 Å². The zero-order valence-electron chi connectivity index (χ0n) is 20.3. The Kier molecular flexibility index (Phi) is 6.47. The van der Waals surface area contributed by atoms with E-state index in [1.807, 2.05) is 44.2 Å². The van der Waals surface area contributed by atoms with Crippen molar-refractivity contribution in [3.05, 3.63) is 75.2 Å². The molecule has 0 bridgehead atoms. The van der Waals surface area contributed by atoms with Gasteiger partial charge in [0.25, 0.3) is 5.56 Å². The first kappa shape index (κ1) is 23.4. The van der Waals surface area contributed by atoms with Gasteiger partial charge in [-0.25, -0.2) is 4.98 Å². The van der Waals surface area contributed by atoms with Crippen LogP contribution in [-0.2, 0) is 17.8 Å². The number of amides is 1. The zero-order chi connectivity index (χ0) is 24.5. The third-order valence-electron chi connectivity index (χ3n) is 6.44. The van der Waals surface area contributed by atoms with Crippen LogP contribution in [0.1, 0.15) is 41.6 Å². The minimum atomic E-state index is -0.135. The van der Waals surface area contributed by atoms with E-state index >= 15 is 0 Å². The van der Waals surface area contributed by atoms with E-state index in [-0.39, 0.29) is 17.2 Å². The lowest BCUT2D eigenvalue weighted by Crippen LogP contribution is -2.20. The molecule has 8 heteroatoms. The number of thioether (sulfide) groups is 1. The molecule has 0 saturated heterocycles. The second kappa shape index (κ2) is 9.70. The number of fused-ring (bicyclic) bond motifs is 3. The highest BCUT2D eigenvalue weighted by molar-refractivity contribution is 7.99. The van der Waals surface area contributed by atoms with Crippen molar-refractivity contribution in [1.82, 2.24) is 19.3 Å². The first-order valence-corrected chi connectivity index (χ1v) is 13.0. The van der Waals surface area contributed by atoms with Crippen LogP contribution >= 0.6 is 11.8 Å². The van der Waals surface area contributed by atoms with Crippen LogP contribution in [0.25, 0.3) is 17.1 Å². The van der Waals surface area contributed by atoms with Gasteiger partial charge in [0.05, 0.1) is 11.4 Å². The topological polar surface area (TPSA) is 81.8 Å². The summed E-state index contributed by atoms with van der Waals surface area (Å²) in [5.41, 5.74) is 6.31. The van der Waals surface area contributed by atoms with Gasteiger partial charge in [0.1, 0.15) is 5.56 Å². The molecule has 0 atom stereocenters. The molecule has 35 heavy (non-hydrogen) atoms. The predicted molar refractivity (Wildman–Crippen MR) is 140 cm³/mol. The molecule has 3 aliphatic rings. The molecule has 0 radical (unpaired) electrons. The summed E-state index contributed by atoms with van der Waals surface area (Å²) in [6, 6.07) is 13.6. The second-order valence-electron chi connectivity index (χ2n) is 9.17. The maximum Gasteiger partial charge on any atom is 0.284 e. The Hall–Kier alpha value is -3.39. The fraction of sp³-hybridized carbons (Fsp3) is 0.333. The number of aromatic nitrogens is 4. The Morgan fingerprint density at radius 2 is 1.80 bits per heavy atom. The normalized spacial score (nSPS) is 13.5. The monoisotopic (exact) mass is 487 g/mol. The quantitative estimate of drug-likeness (QED) is 0.319. The molecule has 1 amide bonds. The highest BCUT2D eigenvalue weighted by atomic mass is 32.2. The number of para-hydroxylation sites is 1. The van der Waals surface area contributed by atoms with Gasteiger partial charge in [-0.15, -0.1) is 5.10 Å². The van der Waals surface area contributed by atoms with Gasteiger partial charge in [-0.3, -0.25) is 9.59 Å². The van der Waals surface area contributed by atoms with Gasteiger partial charge in [0, 0.05) is 17.9 Å². The van der Waals surface area contributed by atoms with Crippen molar-refractivity contribution in [2.24, 2.45) is 0 Å². The third-order valence-corrected chi connectivity index (χ3v) is 7.42. The fourth-order valence-corrected chi connectivity index (χ4v) is 5.73. The molecule has 0 fully saturated rings. The van der Waals surface area contributed by atoms with E-state index in [1.165, 1.54) is 22.0 Å². The smallest absolute Gasteiger partial charge is 0.284 e. The first-order chi connectivity index (χ1) is 16.9. The number of rotatable bonds is 5. The van der Waals surface area contributed by atoms with Crippen LogP contribution in [-0.4, -0.2) is 31.0 Å². The number of carbonyl (C=O) groups is 1. The molecule has 0 unspecified atom stereocenters. The standard InChI is InChI=1S/C27H29N5O2S/c1-17-14-18(2)24(19(3)15-17)28-22(33)16-35-27-29-25-23(21-12-8-5-9-13-31(21)27)26(34)32(30-25)20-10-6-4-7-11-20/h4,6-7,10-11,14-15H,5,8-9,12-13,16H2,1-3H3,(H,28,33). The molecule has 5 rings (SSSR count). The van der Waals surface area contributed by atoms with Crippen molar-refractivity contribution in [3.8, 4) is 17.1 Å². The maximum absolute atomic E-state index is 13.4. The number of anilines is 1. The lowest BCUT2D eigenvalue weighted by Gasteiger charge is -2.18. The largest absolute Gasteiger partial charge is 0.325 e. The lowest BCUT2D eigenvalue weighted by molar-refractivity contribution is -0.113. The van der Waals surface area contributed by atoms with Crippen molar-refractivity contribution in [2.75, 3.05) is 11.1 Å². The Morgan fingerprint density at radius 3 is 2.54 bits per heavy atom. The number of hydrogen-bond acceptors (Lipinski definition) is 5.